The van der Waals surface area contributed by atoms with Gasteiger partial charge in [0.15, 0.2) is 0 Å². The van der Waals surface area contributed by atoms with Gasteiger partial charge in [0.05, 0.1) is 26.9 Å². The largest absolute Gasteiger partial charge is 0.478 e. The van der Waals surface area contributed by atoms with Gasteiger partial charge < -0.3 is 9.67 Å². The Morgan fingerprint density at radius 1 is 1.40 bits per heavy atom. The van der Waals surface area contributed by atoms with Crippen LogP contribution in [0.25, 0.3) is 11.0 Å². The fraction of sp³-hybridized carbons (Fsp3) is 0.143. The molecule has 4 nitrogen and oxygen atoms in total. The maximum atomic E-state index is 11.1. The first-order valence-electron chi connectivity index (χ1n) is 5.99. The summed E-state index contributed by atoms with van der Waals surface area (Å²) in [5.74, 6) is -0.0387. The van der Waals surface area contributed by atoms with Gasteiger partial charge in [-0.15, -0.1) is 11.3 Å². The molecule has 0 saturated carbocycles. The Hall–Kier alpha value is -1.66. The number of aromatic carboxylic acids is 1. The number of aryl methyl sites for hydroxylation is 1. The number of nitrogens with zero attached hydrogens (tertiary/aromatic N) is 2. The smallest absolute Gasteiger partial charge is 0.335 e. The Bertz CT molecular complexity index is 807. The second kappa shape index (κ2) is 5.03. The molecule has 20 heavy (non-hydrogen) atoms. The number of fused-ring (bicyclic) bond motifs is 1. The Morgan fingerprint density at radius 2 is 2.20 bits per heavy atom. The third-order valence-corrected chi connectivity index (χ3v) is 4.74. The minimum atomic E-state index is -0.920. The van der Waals surface area contributed by atoms with E-state index >= 15 is 0 Å². The number of halogens is 1. The molecule has 1 N–H and O–H groups in total. The number of hydrogen-bond acceptors (Lipinski definition) is 3. The van der Waals surface area contributed by atoms with E-state index in [0.717, 1.165) is 20.6 Å². The predicted octanol–water partition coefficient (Wildman–Crippen LogP) is 3.92. The molecule has 0 atom stereocenters. The second-order valence-corrected chi connectivity index (χ2v) is 7.01. The highest BCUT2D eigenvalue weighted by molar-refractivity contribution is 9.11. The van der Waals surface area contributed by atoms with E-state index in [-0.39, 0.29) is 5.56 Å². The number of hydrogen-bond donors (Lipinski definition) is 1. The first-order chi connectivity index (χ1) is 9.54. The van der Waals surface area contributed by atoms with Crippen LogP contribution in [0.3, 0.4) is 0 Å². The van der Waals surface area contributed by atoms with Crippen molar-refractivity contribution in [2.75, 3.05) is 0 Å². The zero-order valence-corrected chi connectivity index (χ0v) is 13.0. The number of carbonyl (C=O) groups is 1. The van der Waals surface area contributed by atoms with Crippen molar-refractivity contribution in [3.8, 4) is 0 Å². The van der Waals surface area contributed by atoms with Crippen molar-refractivity contribution in [3.63, 3.8) is 0 Å². The molecule has 0 aliphatic heterocycles. The van der Waals surface area contributed by atoms with Crippen LogP contribution >= 0.6 is 27.3 Å². The molecule has 0 saturated heterocycles. The van der Waals surface area contributed by atoms with Gasteiger partial charge in [0.1, 0.15) is 5.82 Å². The molecule has 2 heterocycles. The monoisotopic (exact) mass is 350 g/mol. The van der Waals surface area contributed by atoms with Gasteiger partial charge in [0.25, 0.3) is 0 Å². The molecule has 0 spiro atoms. The standard InChI is InChI=1S/C14H11BrN2O2S/c1-8-16-11-4-2-9(14(18)19)6-12(11)17(8)7-10-3-5-13(15)20-10/h2-6H,7H2,1H3,(H,18,19). The zero-order chi connectivity index (χ0) is 14.3. The number of aromatic nitrogens is 2. The van der Waals surface area contributed by atoms with Crippen LogP contribution < -0.4 is 0 Å². The van der Waals surface area contributed by atoms with Gasteiger partial charge in [-0.1, -0.05) is 0 Å². The Kier molecular flexibility index (Phi) is 3.35. The number of carboxylic acid groups (broad SMARTS) is 1. The summed E-state index contributed by atoms with van der Waals surface area (Å²) in [5.41, 5.74) is 1.96. The van der Waals surface area contributed by atoms with Crippen LogP contribution in [-0.4, -0.2) is 20.6 Å². The molecule has 2 aromatic heterocycles. The molecule has 0 fully saturated rings. The van der Waals surface area contributed by atoms with E-state index in [1.165, 1.54) is 4.88 Å². The van der Waals surface area contributed by atoms with Crippen molar-refractivity contribution in [2.45, 2.75) is 13.5 Å². The number of benzene rings is 1. The number of imidazole rings is 1. The van der Waals surface area contributed by atoms with Gasteiger partial charge in [0.2, 0.25) is 0 Å². The fourth-order valence-electron chi connectivity index (χ4n) is 2.17. The minimum Gasteiger partial charge on any atom is -0.478 e. The van der Waals surface area contributed by atoms with Crippen LogP contribution in [0, 0.1) is 6.92 Å². The van der Waals surface area contributed by atoms with E-state index in [1.54, 1.807) is 29.5 Å². The SMILES string of the molecule is Cc1nc2ccc(C(=O)O)cc2n1Cc1ccc(Br)s1. The second-order valence-electron chi connectivity index (χ2n) is 4.46. The van der Waals surface area contributed by atoms with Gasteiger partial charge in [-0.05, 0) is 53.2 Å². The molecule has 0 aliphatic carbocycles. The maximum absolute atomic E-state index is 11.1. The molecule has 102 valence electrons. The van der Waals surface area contributed by atoms with Crippen LogP contribution in [0.5, 0.6) is 0 Å². The van der Waals surface area contributed by atoms with Crippen molar-refractivity contribution in [3.05, 3.63) is 50.4 Å². The van der Waals surface area contributed by atoms with Gasteiger partial charge in [-0.3, -0.25) is 0 Å². The summed E-state index contributed by atoms with van der Waals surface area (Å²) in [4.78, 5) is 16.8. The Balaban J connectivity index is 2.10. The molecule has 3 aromatic rings. The highest BCUT2D eigenvalue weighted by atomic mass is 79.9. The first kappa shape index (κ1) is 13.3. The highest BCUT2D eigenvalue weighted by Gasteiger charge is 2.12. The van der Waals surface area contributed by atoms with E-state index in [9.17, 15) is 4.79 Å². The van der Waals surface area contributed by atoms with E-state index in [2.05, 4.69) is 27.0 Å². The normalized spacial score (nSPS) is 11.1. The van der Waals surface area contributed by atoms with Crippen LogP contribution in [0.2, 0.25) is 0 Å². The van der Waals surface area contributed by atoms with Gasteiger partial charge in [0, 0.05) is 4.88 Å². The Morgan fingerprint density at radius 3 is 2.85 bits per heavy atom. The van der Waals surface area contributed by atoms with Gasteiger partial charge in [-0.25, -0.2) is 9.78 Å². The number of carboxylic acids is 1. The summed E-state index contributed by atoms with van der Waals surface area (Å²) in [6, 6.07) is 9.09. The van der Waals surface area contributed by atoms with Crippen molar-refractivity contribution in [1.29, 1.82) is 0 Å². The lowest BCUT2D eigenvalue weighted by Crippen LogP contribution is -2.01. The Labute approximate surface area is 127 Å². The molecular weight excluding hydrogens is 340 g/mol. The van der Waals surface area contributed by atoms with Crippen LogP contribution in [0.4, 0.5) is 0 Å². The number of rotatable bonds is 3. The molecule has 0 aliphatic rings. The molecular formula is C14H11BrN2O2S. The predicted molar refractivity (Wildman–Crippen MR) is 82.6 cm³/mol. The van der Waals surface area contributed by atoms with Crippen molar-refractivity contribution in [2.24, 2.45) is 0 Å². The zero-order valence-electron chi connectivity index (χ0n) is 10.6. The lowest BCUT2D eigenvalue weighted by atomic mass is 10.2. The molecule has 0 bridgehead atoms. The minimum absolute atomic E-state index is 0.283. The van der Waals surface area contributed by atoms with Crippen molar-refractivity contribution >= 4 is 44.3 Å². The fourth-order valence-corrected chi connectivity index (χ4v) is 3.64. The molecule has 1 aromatic carbocycles. The third-order valence-electron chi connectivity index (χ3n) is 3.13. The quantitative estimate of drug-likeness (QED) is 0.778. The lowest BCUT2D eigenvalue weighted by molar-refractivity contribution is 0.0697. The summed E-state index contributed by atoms with van der Waals surface area (Å²) >= 11 is 5.12. The summed E-state index contributed by atoms with van der Waals surface area (Å²) in [5, 5.41) is 9.10. The summed E-state index contributed by atoms with van der Waals surface area (Å²) < 4.78 is 3.13. The van der Waals surface area contributed by atoms with Crippen LogP contribution in [0.1, 0.15) is 21.1 Å². The molecule has 3 rings (SSSR count). The molecule has 6 heteroatoms. The number of thiophene rings is 1. The summed E-state index contributed by atoms with van der Waals surface area (Å²) in [6.45, 7) is 2.63. The van der Waals surface area contributed by atoms with E-state index < -0.39 is 5.97 Å². The lowest BCUT2D eigenvalue weighted by Gasteiger charge is -2.05. The molecule has 0 amide bonds. The molecule has 0 unspecified atom stereocenters. The summed E-state index contributed by atoms with van der Waals surface area (Å²) in [7, 11) is 0. The van der Waals surface area contributed by atoms with E-state index in [1.807, 2.05) is 17.6 Å². The molecule has 0 radical (unpaired) electrons. The van der Waals surface area contributed by atoms with Gasteiger partial charge >= 0.3 is 5.97 Å². The summed E-state index contributed by atoms with van der Waals surface area (Å²) in [6.07, 6.45) is 0. The van der Waals surface area contributed by atoms with E-state index in [0.29, 0.717) is 6.54 Å². The van der Waals surface area contributed by atoms with Gasteiger partial charge in [-0.2, -0.15) is 0 Å². The van der Waals surface area contributed by atoms with Crippen LogP contribution in [0.15, 0.2) is 34.1 Å². The highest BCUT2D eigenvalue weighted by Crippen LogP contribution is 2.25. The van der Waals surface area contributed by atoms with Crippen molar-refractivity contribution < 1.29 is 9.90 Å². The maximum Gasteiger partial charge on any atom is 0.335 e. The average Bonchev–Trinajstić information content (AvgIpc) is 2.94. The first-order valence-corrected chi connectivity index (χ1v) is 7.60. The van der Waals surface area contributed by atoms with E-state index in [4.69, 9.17) is 5.11 Å². The van der Waals surface area contributed by atoms with Crippen molar-refractivity contribution in [1.82, 2.24) is 9.55 Å². The third kappa shape index (κ3) is 2.36. The topological polar surface area (TPSA) is 55.1 Å². The average molecular weight is 351 g/mol. The van der Waals surface area contributed by atoms with Crippen LogP contribution in [-0.2, 0) is 6.54 Å².